The van der Waals surface area contributed by atoms with Gasteiger partial charge in [-0.25, -0.2) is 9.59 Å². The summed E-state index contributed by atoms with van der Waals surface area (Å²) in [6.07, 6.45) is 2.54. The highest BCUT2D eigenvalue weighted by molar-refractivity contribution is 5.90. The van der Waals surface area contributed by atoms with Gasteiger partial charge in [-0.1, -0.05) is 6.07 Å². The van der Waals surface area contributed by atoms with Gasteiger partial charge in [-0.2, -0.15) is 0 Å². The SMILES string of the molecule is O=C(O)/C=C/C(=O)OCCCCC(=O)Oc1cccc(O)c1. The van der Waals surface area contributed by atoms with Crippen molar-refractivity contribution >= 4 is 17.9 Å². The zero-order valence-electron chi connectivity index (χ0n) is 11.7. The van der Waals surface area contributed by atoms with Crippen LogP contribution in [-0.4, -0.2) is 34.7 Å². The minimum absolute atomic E-state index is 0.00614. The molecule has 22 heavy (non-hydrogen) atoms. The lowest BCUT2D eigenvalue weighted by Crippen LogP contribution is -2.09. The van der Waals surface area contributed by atoms with E-state index in [-0.39, 0.29) is 24.5 Å². The second kappa shape index (κ2) is 9.17. The number of carboxylic acid groups (broad SMARTS) is 1. The van der Waals surface area contributed by atoms with E-state index in [1.807, 2.05) is 0 Å². The van der Waals surface area contributed by atoms with E-state index in [9.17, 15) is 19.5 Å². The first-order chi connectivity index (χ1) is 10.5. The van der Waals surface area contributed by atoms with Crippen LogP contribution >= 0.6 is 0 Å². The molecule has 0 heterocycles. The van der Waals surface area contributed by atoms with Gasteiger partial charge >= 0.3 is 17.9 Å². The number of esters is 2. The van der Waals surface area contributed by atoms with Gasteiger partial charge in [-0.3, -0.25) is 4.79 Å². The largest absolute Gasteiger partial charge is 0.508 e. The Labute approximate surface area is 126 Å². The number of phenols is 1. The van der Waals surface area contributed by atoms with Crippen LogP contribution in [0.25, 0.3) is 0 Å². The van der Waals surface area contributed by atoms with Crippen LogP contribution in [0.3, 0.4) is 0 Å². The highest BCUT2D eigenvalue weighted by Crippen LogP contribution is 2.18. The molecule has 7 nitrogen and oxygen atoms in total. The Morgan fingerprint density at radius 3 is 2.59 bits per heavy atom. The van der Waals surface area contributed by atoms with Crippen molar-refractivity contribution in [2.24, 2.45) is 0 Å². The summed E-state index contributed by atoms with van der Waals surface area (Å²) < 4.78 is 9.74. The van der Waals surface area contributed by atoms with Crippen molar-refractivity contribution < 1.29 is 34.1 Å². The Morgan fingerprint density at radius 1 is 1.14 bits per heavy atom. The zero-order valence-corrected chi connectivity index (χ0v) is 11.7. The molecular formula is C15H16O7. The van der Waals surface area contributed by atoms with Crippen LogP contribution in [0.5, 0.6) is 11.5 Å². The first-order valence-electron chi connectivity index (χ1n) is 6.55. The minimum atomic E-state index is -1.23. The predicted octanol–water partition coefficient (Wildman–Crippen LogP) is 1.65. The number of benzene rings is 1. The molecule has 0 unspecified atom stereocenters. The maximum Gasteiger partial charge on any atom is 0.331 e. The van der Waals surface area contributed by atoms with Crippen molar-refractivity contribution in [2.45, 2.75) is 19.3 Å². The zero-order chi connectivity index (χ0) is 16.4. The van der Waals surface area contributed by atoms with E-state index < -0.39 is 17.9 Å². The predicted molar refractivity (Wildman–Crippen MR) is 75.3 cm³/mol. The van der Waals surface area contributed by atoms with Crippen LogP contribution in [0.1, 0.15) is 19.3 Å². The van der Waals surface area contributed by atoms with Crippen LogP contribution in [0.15, 0.2) is 36.4 Å². The number of carbonyl (C=O) groups is 3. The maximum absolute atomic E-state index is 11.5. The molecule has 0 aliphatic carbocycles. The van der Waals surface area contributed by atoms with E-state index in [0.29, 0.717) is 18.9 Å². The summed E-state index contributed by atoms with van der Waals surface area (Å²) in [6.45, 7) is 0.0855. The number of hydrogen-bond acceptors (Lipinski definition) is 6. The molecule has 2 N–H and O–H groups in total. The standard InChI is InChI=1S/C15H16O7/c16-11-4-3-5-12(10-11)22-15(20)6-1-2-9-21-14(19)8-7-13(17)18/h3-5,7-8,10,16H,1-2,6,9H2,(H,17,18)/b8-7+. The van der Waals surface area contributed by atoms with Crippen LogP contribution in [0.2, 0.25) is 0 Å². The molecule has 1 rings (SSSR count). The highest BCUT2D eigenvalue weighted by atomic mass is 16.5. The number of hydrogen-bond donors (Lipinski definition) is 2. The Morgan fingerprint density at radius 2 is 1.91 bits per heavy atom. The number of carboxylic acids is 1. The molecule has 7 heteroatoms. The molecule has 118 valence electrons. The molecule has 0 saturated heterocycles. The summed E-state index contributed by atoms with van der Waals surface area (Å²) in [5.74, 6) is -2.17. The molecule has 1 aromatic rings. The fourth-order valence-corrected chi connectivity index (χ4v) is 1.46. The fraction of sp³-hybridized carbons (Fsp3) is 0.267. The minimum Gasteiger partial charge on any atom is -0.508 e. The van der Waals surface area contributed by atoms with Crippen molar-refractivity contribution in [2.75, 3.05) is 6.61 Å². The first-order valence-corrected chi connectivity index (χ1v) is 6.55. The van der Waals surface area contributed by atoms with Gasteiger partial charge in [0, 0.05) is 24.6 Å². The molecule has 1 aromatic carbocycles. The number of ether oxygens (including phenoxy) is 2. The molecule has 0 radical (unpaired) electrons. The van der Waals surface area contributed by atoms with Gasteiger partial charge in [-0.15, -0.1) is 0 Å². The van der Waals surface area contributed by atoms with Crippen molar-refractivity contribution in [3.05, 3.63) is 36.4 Å². The molecule has 0 bridgehead atoms. The van der Waals surface area contributed by atoms with Gasteiger partial charge in [0.05, 0.1) is 6.61 Å². The third-order valence-corrected chi connectivity index (χ3v) is 2.43. The number of unbranched alkanes of at least 4 members (excludes halogenated alkanes) is 1. The average molecular weight is 308 g/mol. The van der Waals surface area contributed by atoms with E-state index in [4.69, 9.17) is 14.6 Å². The number of rotatable bonds is 8. The lowest BCUT2D eigenvalue weighted by molar-refractivity contribution is -0.139. The topological polar surface area (TPSA) is 110 Å². The average Bonchev–Trinajstić information content (AvgIpc) is 2.44. The van der Waals surface area contributed by atoms with E-state index in [1.165, 1.54) is 12.1 Å². The molecule has 0 fully saturated rings. The quantitative estimate of drug-likeness (QED) is 0.325. The summed E-state index contributed by atoms with van der Waals surface area (Å²) in [5.41, 5.74) is 0. The number of phenolic OH excluding ortho intramolecular Hbond substituents is 1. The second-order valence-corrected chi connectivity index (χ2v) is 4.27. The maximum atomic E-state index is 11.5. The van der Waals surface area contributed by atoms with Gasteiger partial charge in [-0.05, 0) is 25.0 Å². The fourth-order valence-electron chi connectivity index (χ4n) is 1.46. The van der Waals surface area contributed by atoms with Crippen LogP contribution in [-0.2, 0) is 19.1 Å². The van der Waals surface area contributed by atoms with Gasteiger partial charge in [0.15, 0.2) is 0 Å². The normalized spacial score (nSPS) is 10.4. The molecule has 0 aliphatic rings. The number of aliphatic carboxylic acids is 1. The third kappa shape index (κ3) is 7.68. The summed E-state index contributed by atoms with van der Waals surface area (Å²) in [6, 6.07) is 5.90. The van der Waals surface area contributed by atoms with Crippen molar-refractivity contribution in [1.82, 2.24) is 0 Å². The molecule has 0 amide bonds. The van der Waals surface area contributed by atoms with Gasteiger partial charge < -0.3 is 19.7 Å². The molecule has 0 saturated carbocycles. The third-order valence-electron chi connectivity index (χ3n) is 2.43. The van der Waals surface area contributed by atoms with Crippen molar-refractivity contribution in [1.29, 1.82) is 0 Å². The summed E-state index contributed by atoms with van der Waals surface area (Å²) in [7, 11) is 0. The summed E-state index contributed by atoms with van der Waals surface area (Å²) in [5, 5.41) is 17.5. The van der Waals surface area contributed by atoms with E-state index >= 15 is 0 Å². The van der Waals surface area contributed by atoms with Gasteiger partial charge in [0.1, 0.15) is 11.5 Å². The number of aromatic hydroxyl groups is 1. The Balaban J connectivity index is 2.15. The van der Waals surface area contributed by atoms with Crippen LogP contribution < -0.4 is 4.74 Å². The second-order valence-electron chi connectivity index (χ2n) is 4.27. The summed E-state index contributed by atoms with van der Waals surface area (Å²) >= 11 is 0. The van der Waals surface area contributed by atoms with E-state index in [0.717, 1.165) is 6.08 Å². The molecule has 0 atom stereocenters. The van der Waals surface area contributed by atoms with Crippen molar-refractivity contribution in [3.63, 3.8) is 0 Å². The number of carbonyl (C=O) groups excluding carboxylic acids is 2. The van der Waals surface area contributed by atoms with E-state index in [1.54, 1.807) is 12.1 Å². The van der Waals surface area contributed by atoms with Gasteiger partial charge in [0.25, 0.3) is 0 Å². The van der Waals surface area contributed by atoms with Gasteiger partial charge in [0.2, 0.25) is 0 Å². The molecule has 0 aliphatic heterocycles. The monoisotopic (exact) mass is 308 g/mol. The van der Waals surface area contributed by atoms with Crippen molar-refractivity contribution in [3.8, 4) is 11.5 Å². The lowest BCUT2D eigenvalue weighted by atomic mass is 10.2. The smallest absolute Gasteiger partial charge is 0.331 e. The Kier molecular flexibility index (Phi) is 7.18. The Hall–Kier alpha value is -2.83. The van der Waals surface area contributed by atoms with E-state index in [2.05, 4.69) is 0 Å². The van der Waals surface area contributed by atoms with Crippen LogP contribution in [0.4, 0.5) is 0 Å². The summed E-state index contributed by atoms with van der Waals surface area (Å²) in [4.78, 5) is 32.7. The van der Waals surface area contributed by atoms with Crippen LogP contribution in [0, 0.1) is 0 Å². The Bertz CT molecular complexity index is 563. The lowest BCUT2D eigenvalue weighted by Gasteiger charge is -2.05. The highest BCUT2D eigenvalue weighted by Gasteiger charge is 2.06. The molecule has 0 spiro atoms. The molecular weight excluding hydrogens is 292 g/mol. The first kappa shape index (κ1) is 17.2. The molecule has 0 aromatic heterocycles.